The summed E-state index contributed by atoms with van der Waals surface area (Å²) in [5.74, 6) is 6.11. The number of likely N-dealkylation sites (N-methyl/N-ethyl adjacent to an activating group) is 1. The van der Waals surface area contributed by atoms with E-state index in [1.165, 1.54) is 30.5 Å². The first-order valence-corrected chi connectivity index (χ1v) is 7.18. The standard InChI is InChI=1S/C14H23N5O2/c1-19(16)12(9-20)14(15)11-7-18-13(8-17-11)21-10-5-3-2-4-6-10/h7-8,10,20H,2-6,9,15-16H2,1H3/b14-12-. The third-order valence-electron chi connectivity index (χ3n) is 3.63. The Morgan fingerprint density at radius 1 is 1.33 bits per heavy atom. The molecule has 1 fully saturated rings. The lowest BCUT2D eigenvalue weighted by Gasteiger charge is -2.22. The van der Waals surface area contributed by atoms with Crippen LogP contribution in [0.25, 0.3) is 5.70 Å². The number of aromatic nitrogens is 2. The van der Waals surface area contributed by atoms with Crippen LogP contribution in [0.3, 0.4) is 0 Å². The summed E-state index contributed by atoms with van der Waals surface area (Å²) in [5, 5.41) is 10.5. The minimum Gasteiger partial charge on any atom is -0.473 e. The summed E-state index contributed by atoms with van der Waals surface area (Å²) in [6.45, 7) is -0.263. The molecule has 7 heteroatoms. The number of aliphatic hydroxyl groups is 1. The Morgan fingerprint density at radius 2 is 2.05 bits per heavy atom. The Hall–Kier alpha value is -1.86. The van der Waals surface area contributed by atoms with Crippen molar-refractivity contribution in [1.82, 2.24) is 15.0 Å². The predicted molar refractivity (Wildman–Crippen MR) is 79.7 cm³/mol. The smallest absolute Gasteiger partial charge is 0.232 e. The molecule has 116 valence electrons. The van der Waals surface area contributed by atoms with Gasteiger partial charge in [-0.15, -0.1) is 0 Å². The highest BCUT2D eigenvalue weighted by Crippen LogP contribution is 2.22. The van der Waals surface area contributed by atoms with Crippen molar-refractivity contribution in [1.29, 1.82) is 0 Å². The van der Waals surface area contributed by atoms with Crippen LogP contribution in [-0.4, -0.2) is 39.8 Å². The fourth-order valence-electron chi connectivity index (χ4n) is 2.40. The zero-order chi connectivity index (χ0) is 15.2. The molecule has 5 N–H and O–H groups in total. The highest BCUT2D eigenvalue weighted by atomic mass is 16.5. The maximum atomic E-state index is 9.27. The summed E-state index contributed by atoms with van der Waals surface area (Å²) in [6, 6.07) is 0. The van der Waals surface area contributed by atoms with E-state index in [1.54, 1.807) is 13.2 Å². The molecule has 0 unspecified atom stereocenters. The summed E-state index contributed by atoms with van der Waals surface area (Å²) in [5.41, 5.74) is 7.10. The average Bonchev–Trinajstić information content (AvgIpc) is 2.49. The van der Waals surface area contributed by atoms with Crippen LogP contribution in [0, 0.1) is 0 Å². The number of aliphatic hydroxyl groups excluding tert-OH is 1. The summed E-state index contributed by atoms with van der Waals surface area (Å²) >= 11 is 0. The molecule has 21 heavy (non-hydrogen) atoms. The molecule has 1 saturated carbocycles. The van der Waals surface area contributed by atoms with E-state index in [1.807, 2.05) is 0 Å². The van der Waals surface area contributed by atoms with Crippen molar-refractivity contribution in [3.05, 3.63) is 23.8 Å². The number of rotatable bonds is 5. The van der Waals surface area contributed by atoms with E-state index in [0.717, 1.165) is 12.8 Å². The number of hydrazine groups is 1. The Labute approximate surface area is 124 Å². The van der Waals surface area contributed by atoms with E-state index in [-0.39, 0.29) is 12.7 Å². The van der Waals surface area contributed by atoms with Crippen LogP contribution in [0.5, 0.6) is 5.88 Å². The number of ether oxygens (including phenoxy) is 1. The minimum absolute atomic E-state index is 0.231. The predicted octanol–water partition coefficient (Wildman–Crippen LogP) is 0.613. The lowest BCUT2D eigenvalue weighted by atomic mass is 9.98. The van der Waals surface area contributed by atoms with Gasteiger partial charge in [-0.2, -0.15) is 0 Å². The van der Waals surface area contributed by atoms with Crippen LogP contribution in [0.15, 0.2) is 18.1 Å². The van der Waals surface area contributed by atoms with Gasteiger partial charge in [0, 0.05) is 7.05 Å². The largest absolute Gasteiger partial charge is 0.473 e. The van der Waals surface area contributed by atoms with Gasteiger partial charge in [-0.1, -0.05) is 6.42 Å². The molecule has 0 spiro atoms. The van der Waals surface area contributed by atoms with Crippen molar-refractivity contribution in [2.24, 2.45) is 11.6 Å². The second-order valence-corrected chi connectivity index (χ2v) is 5.25. The summed E-state index contributed by atoms with van der Waals surface area (Å²) in [6.07, 6.45) is 9.14. The van der Waals surface area contributed by atoms with E-state index in [4.69, 9.17) is 16.3 Å². The minimum atomic E-state index is -0.263. The average molecular weight is 293 g/mol. The Morgan fingerprint density at radius 3 is 2.57 bits per heavy atom. The van der Waals surface area contributed by atoms with E-state index < -0.39 is 0 Å². The van der Waals surface area contributed by atoms with Gasteiger partial charge in [-0.3, -0.25) is 0 Å². The van der Waals surface area contributed by atoms with Crippen molar-refractivity contribution >= 4 is 5.70 Å². The number of hydrogen-bond acceptors (Lipinski definition) is 7. The van der Waals surface area contributed by atoms with Gasteiger partial charge < -0.3 is 20.6 Å². The summed E-state index contributed by atoms with van der Waals surface area (Å²) < 4.78 is 5.81. The van der Waals surface area contributed by atoms with E-state index in [9.17, 15) is 5.11 Å². The van der Waals surface area contributed by atoms with Crippen LogP contribution in [-0.2, 0) is 0 Å². The van der Waals surface area contributed by atoms with Crippen LogP contribution in [0.2, 0.25) is 0 Å². The van der Waals surface area contributed by atoms with Gasteiger partial charge in [0.15, 0.2) is 0 Å². The number of nitrogens with zero attached hydrogens (tertiary/aromatic N) is 3. The number of hydrogen-bond donors (Lipinski definition) is 3. The normalized spacial score (nSPS) is 17.3. The maximum absolute atomic E-state index is 9.27. The SMILES string of the molecule is CN(N)/C(CO)=C(\N)c1cnc(OC2CCCCC2)cn1. The molecular formula is C14H23N5O2. The van der Waals surface area contributed by atoms with E-state index in [0.29, 0.717) is 23.0 Å². The monoisotopic (exact) mass is 293 g/mol. The van der Waals surface area contributed by atoms with Crippen LogP contribution in [0.4, 0.5) is 0 Å². The lowest BCUT2D eigenvalue weighted by Crippen LogP contribution is -2.29. The van der Waals surface area contributed by atoms with E-state index >= 15 is 0 Å². The molecule has 1 aromatic rings. The highest BCUT2D eigenvalue weighted by Gasteiger charge is 2.16. The third kappa shape index (κ3) is 4.05. The van der Waals surface area contributed by atoms with Gasteiger partial charge in [-0.25, -0.2) is 15.8 Å². The second kappa shape index (κ2) is 7.24. The first kappa shape index (κ1) is 15.5. The van der Waals surface area contributed by atoms with Crippen LogP contribution in [0.1, 0.15) is 37.8 Å². The van der Waals surface area contributed by atoms with Crippen molar-refractivity contribution in [2.75, 3.05) is 13.7 Å². The molecule has 0 bridgehead atoms. The van der Waals surface area contributed by atoms with Crippen molar-refractivity contribution in [3.63, 3.8) is 0 Å². The molecule has 1 heterocycles. The van der Waals surface area contributed by atoms with Crippen LogP contribution < -0.4 is 16.3 Å². The third-order valence-corrected chi connectivity index (χ3v) is 3.63. The molecule has 0 aliphatic heterocycles. The van der Waals surface area contributed by atoms with Crippen molar-refractivity contribution in [2.45, 2.75) is 38.2 Å². The van der Waals surface area contributed by atoms with Gasteiger partial charge in [0.2, 0.25) is 5.88 Å². The van der Waals surface area contributed by atoms with Gasteiger partial charge in [0.25, 0.3) is 0 Å². The van der Waals surface area contributed by atoms with Crippen molar-refractivity contribution < 1.29 is 9.84 Å². The molecule has 1 aliphatic carbocycles. The molecule has 0 aromatic carbocycles. The Kier molecular flexibility index (Phi) is 5.35. The van der Waals surface area contributed by atoms with Gasteiger partial charge >= 0.3 is 0 Å². The Bertz CT molecular complexity index is 481. The molecule has 1 aliphatic rings. The van der Waals surface area contributed by atoms with Gasteiger partial charge in [-0.05, 0) is 25.7 Å². The zero-order valence-corrected chi connectivity index (χ0v) is 12.3. The fourth-order valence-corrected chi connectivity index (χ4v) is 2.40. The molecule has 1 aromatic heterocycles. The Balaban J connectivity index is 2.07. The first-order chi connectivity index (χ1) is 10.1. The summed E-state index contributed by atoms with van der Waals surface area (Å²) in [4.78, 5) is 8.46. The molecule has 7 nitrogen and oxygen atoms in total. The maximum Gasteiger partial charge on any atom is 0.232 e. The summed E-state index contributed by atoms with van der Waals surface area (Å²) in [7, 11) is 1.60. The van der Waals surface area contributed by atoms with Gasteiger partial charge in [0.1, 0.15) is 11.8 Å². The topological polar surface area (TPSA) is 111 Å². The molecular weight excluding hydrogens is 270 g/mol. The fraction of sp³-hybridized carbons (Fsp3) is 0.571. The first-order valence-electron chi connectivity index (χ1n) is 7.18. The van der Waals surface area contributed by atoms with E-state index in [2.05, 4.69) is 9.97 Å². The number of nitrogens with two attached hydrogens (primary N) is 2. The molecule has 0 radical (unpaired) electrons. The highest BCUT2D eigenvalue weighted by molar-refractivity contribution is 5.61. The molecule has 2 rings (SSSR count). The van der Waals surface area contributed by atoms with Gasteiger partial charge in [0.05, 0.1) is 30.4 Å². The molecule has 0 atom stereocenters. The zero-order valence-electron chi connectivity index (χ0n) is 12.3. The van der Waals surface area contributed by atoms with Crippen molar-refractivity contribution in [3.8, 4) is 5.88 Å². The quantitative estimate of drug-likeness (QED) is 0.539. The molecule has 0 saturated heterocycles. The second-order valence-electron chi connectivity index (χ2n) is 5.25. The lowest BCUT2D eigenvalue weighted by molar-refractivity contribution is 0.148. The van der Waals surface area contributed by atoms with Crippen LogP contribution >= 0.6 is 0 Å². The molecule has 0 amide bonds.